The third kappa shape index (κ3) is 3.17. The number of sulfonamides is 1. The van der Waals surface area contributed by atoms with Gasteiger partial charge < -0.3 is 4.98 Å². The molecule has 0 saturated heterocycles. The number of thiophene rings is 1. The number of hydrogen-bond acceptors (Lipinski definition) is 4. The first-order chi connectivity index (χ1) is 9.33. The van der Waals surface area contributed by atoms with E-state index >= 15 is 0 Å². The molecule has 108 valence electrons. The molecule has 20 heavy (non-hydrogen) atoms. The van der Waals surface area contributed by atoms with Crippen molar-refractivity contribution in [3.05, 3.63) is 51.1 Å². The van der Waals surface area contributed by atoms with Gasteiger partial charge in [-0.15, -0.1) is 11.3 Å². The van der Waals surface area contributed by atoms with Gasteiger partial charge in [0.05, 0.1) is 0 Å². The van der Waals surface area contributed by atoms with Crippen LogP contribution < -0.4 is 10.2 Å². The van der Waals surface area contributed by atoms with Gasteiger partial charge in [0.15, 0.2) is 0 Å². The van der Waals surface area contributed by atoms with Gasteiger partial charge in [0, 0.05) is 35.3 Å². The minimum Gasteiger partial charge on any atom is -0.366 e. The monoisotopic (exact) mass is 312 g/mol. The van der Waals surface area contributed by atoms with E-state index in [0.717, 1.165) is 4.88 Å². The number of pyridine rings is 1. The molecule has 2 N–H and O–H groups in total. The second-order valence-corrected chi connectivity index (χ2v) is 7.74. The van der Waals surface area contributed by atoms with Gasteiger partial charge in [-0.1, -0.05) is 19.9 Å². The summed E-state index contributed by atoms with van der Waals surface area (Å²) in [5.74, 6) is 0. The van der Waals surface area contributed by atoms with Crippen molar-refractivity contribution in [1.82, 2.24) is 9.71 Å². The summed E-state index contributed by atoms with van der Waals surface area (Å²) in [6.45, 7) is 4.14. The first-order valence-electron chi connectivity index (χ1n) is 6.04. The van der Waals surface area contributed by atoms with Crippen LogP contribution in [0.3, 0.4) is 0 Å². The van der Waals surface area contributed by atoms with E-state index in [0.29, 0.717) is 0 Å². The van der Waals surface area contributed by atoms with Crippen LogP contribution in [0.1, 0.15) is 18.7 Å². The van der Waals surface area contributed by atoms with Gasteiger partial charge in [-0.05, 0) is 11.4 Å². The van der Waals surface area contributed by atoms with Gasteiger partial charge in [-0.3, -0.25) is 4.79 Å². The molecule has 0 spiro atoms. The van der Waals surface area contributed by atoms with Crippen LogP contribution >= 0.6 is 11.3 Å². The molecule has 2 rings (SSSR count). The fourth-order valence-electron chi connectivity index (χ4n) is 1.71. The van der Waals surface area contributed by atoms with Crippen molar-refractivity contribution in [2.45, 2.75) is 24.2 Å². The van der Waals surface area contributed by atoms with Gasteiger partial charge in [-0.2, -0.15) is 0 Å². The van der Waals surface area contributed by atoms with Crippen LogP contribution in [0.15, 0.2) is 45.7 Å². The van der Waals surface area contributed by atoms with Gasteiger partial charge in [0.1, 0.15) is 4.90 Å². The number of H-pyrrole nitrogens is 1. The van der Waals surface area contributed by atoms with E-state index < -0.39 is 15.5 Å². The maximum Gasteiger partial charge on any atom is 0.245 e. The highest BCUT2D eigenvalue weighted by molar-refractivity contribution is 7.89. The zero-order chi connectivity index (χ0) is 14.8. The van der Waals surface area contributed by atoms with Crippen LogP contribution in [0.5, 0.6) is 0 Å². The summed E-state index contributed by atoms with van der Waals surface area (Å²) in [4.78, 5) is 15.0. The second-order valence-electron chi connectivity index (χ2n) is 5.06. The Hall–Kier alpha value is -1.44. The van der Waals surface area contributed by atoms with Crippen LogP contribution in [0.2, 0.25) is 0 Å². The summed E-state index contributed by atoms with van der Waals surface area (Å²) in [6.07, 6.45) is 2.60. The molecule has 2 aromatic rings. The number of aromatic nitrogens is 1. The van der Waals surface area contributed by atoms with Gasteiger partial charge in [0.25, 0.3) is 0 Å². The Morgan fingerprint density at radius 3 is 2.70 bits per heavy atom. The van der Waals surface area contributed by atoms with Crippen LogP contribution in [0, 0.1) is 0 Å². The van der Waals surface area contributed by atoms with E-state index in [-0.39, 0.29) is 16.9 Å². The minimum atomic E-state index is -3.80. The minimum absolute atomic E-state index is 0.226. The van der Waals surface area contributed by atoms with E-state index in [4.69, 9.17) is 0 Å². The molecule has 0 fully saturated rings. The lowest BCUT2D eigenvalue weighted by atomic mass is 9.92. The summed E-state index contributed by atoms with van der Waals surface area (Å²) < 4.78 is 26.8. The highest BCUT2D eigenvalue weighted by atomic mass is 32.2. The molecule has 7 heteroatoms. The molecule has 0 amide bonds. The average Bonchev–Trinajstić information content (AvgIpc) is 2.92. The Labute approximate surface area is 121 Å². The summed E-state index contributed by atoms with van der Waals surface area (Å²) in [7, 11) is -3.80. The standard InChI is InChI=1S/C13H16N2O3S2/c1-13(2,12-4-3-7-19-12)9-15-20(17,18)11-8-14-6-5-10(11)16/h3-8,15H,9H2,1-2H3,(H,14,16). The molecule has 0 aliphatic carbocycles. The van der Waals surface area contributed by atoms with Crippen molar-refractivity contribution >= 4 is 21.4 Å². The smallest absolute Gasteiger partial charge is 0.245 e. The maximum atomic E-state index is 12.1. The van der Waals surface area contributed by atoms with Crippen molar-refractivity contribution in [2.75, 3.05) is 6.54 Å². The molecule has 0 radical (unpaired) electrons. The summed E-state index contributed by atoms with van der Waals surface area (Å²) in [5, 5.41) is 1.95. The third-order valence-electron chi connectivity index (χ3n) is 2.97. The molecule has 0 saturated carbocycles. The molecule has 0 atom stereocenters. The number of rotatable bonds is 5. The first-order valence-corrected chi connectivity index (χ1v) is 8.40. The van der Waals surface area contributed by atoms with E-state index in [2.05, 4.69) is 9.71 Å². The quantitative estimate of drug-likeness (QED) is 0.882. The Morgan fingerprint density at radius 1 is 1.35 bits per heavy atom. The van der Waals surface area contributed by atoms with Crippen molar-refractivity contribution in [3.8, 4) is 0 Å². The number of nitrogens with one attached hydrogen (secondary N) is 2. The van der Waals surface area contributed by atoms with Crippen molar-refractivity contribution < 1.29 is 8.42 Å². The van der Waals surface area contributed by atoms with E-state index in [1.54, 1.807) is 11.3 Å². The molecule has 5 nitrogen and oxygen atoms in total. The van der Waals surface area contributed by atoms with Crippen LogP contribution in [0.25, 0.3) is 0 Å². The molecule has 0 unspecified atom stereocenters. The topological polar surface area (TPSA) is 79.0 Å². The Balaban J connectivity index is 2.19. The lowest BCUT2D eigenvalue weighted by Gasteiger charge is -2.23. The van der Waals surface area contributed by atoms with Gasteiger partial charge in [-0.25, -0.2) is 13.1 Å². The molecule has 0 aliphatic heterocycles. The Bertz CT molecular complexity index is 731. The lowest BCUT2D eigenvalue weighted by molar-refractivity contribution is 0.509. The summed E-state index contributed by atoms with van der Waals surface area (Å²) in [5.41, 5.74) is -0.854. The third-order valence-corrected chi connectivity index (χ3v) is 5.63. The van der Waals surface area contributed by atoms with Crippen molar-refractivity contribution in [2.24, 2.45) is 0 Å². The van der Waals surface area contributed by atoms with Crippen LogP contribution in [-0.2, 0) is 15.4 Å². The van der Waals surface area contributed by atoms with Crippen LogP contribution in [-0.4, -0.2) is 19.9 Å². The number of aromatic amines is 1. The van der Waals surface area contributed by atoms with Crippen molar-refractivity contribution in [3.63, 3.8) is 0 Å². The molecular formula is C13H16N2O3S2. The van der Waals surface area contributed by atoms with Gasteiger partial charge in [0.2, 0.25) is 15.5 Å². The average molecular weight is 312 g/mol. The normalized spacial score (nSPS) is 12.5. The van der Waals surface area contributed by atoms with E-state index in [1.165, 1.54) is 18.5 Å². The SMILES string of the molecule is CC(C)(CNS(=O)(=O)c1c[nH]ccc1=O)c1cccs1. The summed E-state index contributed by atoms with van der Waals surface area (Å²) in [6, 6.07) is 5.09. The Morgan fingerprint density at radius 2 is 2.10 bits per heavy atom. The molecular weight excluding hydrogens is 296 g/mol. The van der Waals surface area contributed by atoms with Crippen molar-refractivity contribution in [1.29, 1.82) is 0 Å². The molecule has 2 aromatic heterocycles. The second kappa shape index (κ2) is 5.51. The molecule has 0 aromatic carbocycles. The predicted molar refractivity (Wildman–Crippen MR) is 79.6 cm³/mol. The molecule has 0 bridgehead atoms. The maximum absolute atomic E-state index is 12.1. The molecule has 0 aliphatic rings. The van der Waals surface area contributed by atoms with Crippen LogP contribution in [0.4, 0.5) is 0 Å². The first kappa shape index (κ1) is 15.0. The zero-order valence-corrected chi connectivity index (χ0v) is 12.8. The highest BCUT2D eigenvalue weighted by Gasteiger charge is 2.26. The Kier molecular flexibility index (Phi) is 4.12. The predicted octanol–water partition coefficient (Wildman–Crippen LogP) is 1.69. The lowest BCUT2D eigenvalue weighted by Crippen LogP contribution is -2.37. The highest BCUT2D eigenvalue weighted by Crippen LogP contribution is 2.26. The van der Waals surface area contributed by atoms with E-state index in [9.17, 15) is 13.2 Å². The van der Waals surface area contributed by atoms with Gasteiger partial charge >= 0.3 is 0 Å². The summed E-state index contributed by atoms with van der Waals surface area (Å²) >= 11 is 1.58. The fraction of sp³-hybridized carbons (Fsp3) is 0.308. The zero-order valence-electron chi connectivity index (χ0n) is 11.2. The van der Waals surface area contributed by atoms with E-state index in [1.807, 2.05) is 31.4 Å². The largest absolute Gasteiger partial charge is 0.366 e. The number of hydrogen-bond donors (Lipinski definition) is 2. The fourth-order valence-corrected chi connectivity index (χ4v) is 3.83. The molecule has 2 heterocycles.